The zero-order chi connectivity index (χ0) is 18.8. The molecule has 0 aromatic heterocycles. The Morgan fingerprint density at radius 3 is 2.69 bits per heavy atom. The molecule has 6 nitrogen and oxygen atoms in total. The molecule has 2 unspecified atom stereocenters. The Kier molecular flexibility index (Phi) is 9.23. The van der Waals surface area contributed by atoms with Gasteiger partial charge in [-0.15, -0.1) is 0 Å². The lowest BCUT2D eigenvalue weighted by Gasteiger charge is -2.33. The van der Waals surface area contributed by atoms with Crippen molar-refractivity contribution in [2.75, 3.05) is 39.8 Å². The molecular formula is C20H39N5O. The van der Waals surface area contributed by atoms with E-state index in [1.807, 2.05) is 7.05 Å². The molecule has 2 aliphatic rings. The zero-order valence-electron chi connectivity index (χ0n) is 17.1. The summed E-state index contributed by atoms with van der Waals surface area (Å²) in [5.41, 5.74) is 0. The summed E-state index contributed by atoms with van der Waals surface area (Å²) in [6, 6.07) is 1.09. The molecular weight excluding hydrogens is 326 g/mol. The summed E-state index contributed by atoms with van der Waals surface area (Å²) in [6.45, 7) is 9.67. The lowest BCUT2D eigenvalue weighted by molar-refractivity contribution is -0.129. The number of carbonyl (C=O) groups is 1. The molecule has 6 heteroatoms. The highest BCUT2D eigenvalue weighted by molar-refractivity contribution is 5.79. The maximum absolute atomic E-state index is 11.9. The van der Waals surface area contributed by atoms with Crippen molar-refractivity contribution in [3.05, 3.63) is 0 Å². The van der Waals surface area contributed by atoms with Gasteiger partial charge in [-0.05, 0) is 52.0 Å². The van der Waals surface area contributed by atoms with Crippen molar-refractivity contribution in [3.8, 4) is 0 Å². The van der Waals surface area contributed by atoms with Crippen LogP contribution in [0.1, 0.15) is 65.2 Å². The second kappa shape index (κ2) is 11.4. The second-order valence-electron chi connectivity index (χ2n) is 7.70. The predicted octanol–water partition coefficient (Wildman–Crippen LogP) is 2.21. The van der Waals surface area contributed by atoms with Crippen molar-refractivity contribution >= 4 is 11.9 Å². The second-order valence-corrected chi connectivity index (χ2v) is 7.70. The monoisotopic (exact) mass is 365 g/mol. The molecule has 2 heterocycles. The van der Waals surface area contributed by atoms with Gasteiger partial charge in [0.05, 0.1) is 0 Å². The van der Waals surface area contributed by atoms with Gasteiger partial charge in [0.15, 0.2) is 5.96 Å². The molecule has 2 fully saturated rings. The van der Waals surface area contributed by atoms with E-state index < -0.39 is 0 Å². The molecule has 2 aliphatic heterocycles. The summed E-state index contributed by atoms with van der Waals surface area (Å²) >= 11 is 0. The van der Waals surface area contributed by atoms with Gasteiger partial charge in [-0.1, -0.05) is 13.3 Å². The summed E-state index contributed by atoms with van der Waals surface area (Å²) in [5, 5.41) is 6.83. The van der Waals surface area contributed by atoms with Crippen LogP contribution in [0.15, 0.2) is 4.99 Å². The largest absolute Gasteiger partial charge is 0.356 e. The number of aliphatic imine (C=N–C) groups is 1. The number of nitrogens with zero attached hydrogens (tertiary/aromatic N) is 3. The number of carbonyl (C=O) groups excluding carboxylic acids is 1. The van der Waals surface area contributed by atoms with Crippen LogP contribution in [0, 0.1) is 0 Å². The summed E-state index contributed by atoms with van der Waals surface area (Å²) in [4.78, 5) is 20.9. The lowest BCUT2D eigenvalue weighted by atomic mass is 10.0. The average Bonchev–Trinajstić information content (AvgIpc) is 3.07. The van der Waals surface area contributed by atoms with E-state index in [-0.39, 0.29) is 0 Å². The molecule has 26 heavy (non-hydrogen) atoms. The fraction of sp³-hybridized carbons (Fsp3) is 0.900. The highest BCUT2D eigenvalue weighted by Crippen LogP contribution is 2.18. The lowest BCUT2D eigenvalue weighted by Crippen LogP contribution is -2.43. The van der Waals surface area contributed by atoms with Crippen molar-refractivity contribution < 1.29 is 4.79 Å². The van der Waals surface area contributed by atoms with Crippen LogP contribution >= 0.6 is 0 Å². The minimum Gasteiger partial charge on any atom is -0.356 e. The topological polar surface area (TPSA) is 60.0 Å². The van der Waals surface area contributed by atoms with Crippen LogP contribution in [0.3, 0.4) is 0 Å². The van der Waals surface area contributed by atoms with Gasteiger partial charge in [0, 0.05) is 51.7 Å². The summed E-state index contributed by atoms with van der Waals surface area (Å²) in [6.07, 6.45) is 8.96. The molecule has 2 rings (SSSR count). The Morgan fingerprint density at radius 1 is 1.23 bits per heavy atom. The third-order valence-electron chi connectivity index (χ3n) is 5.87. The van der Waals surface area contributed by atoms with Crippen LogP contribution in [0.4, 0.5) is 0 Å². The molecule has 0 bridgehead atoms. The quantitative estimate of drug-likeness (QED) is 0.374. The molecule has 0 radical (unpaired) electrons. The van der Waals surface area contributed by atoms with Gasteiger partial charge in [0.25, 0.3) is 0 Å². The summed E-state index contributed by atoms with van der Waals surface area (Å²) in [5.74, 6) is 1.20. The van der Waals surface area contributed by atoms with Crippen LogP contribution < -0.4 is 10.6 Å². The maximum atomic E-state index is 11.9. The van der Waals surface area contributed by atoms with E-state index in [1.165, 1.54) is 32.4 Å². The van der Waals surface area contributed by atoms with E-state index in [1.54, 1.807) is 0 Å². The number of hydrogen-bond acceptors (Lipinski definition) is 3. The molecule has 0 saturated carbocycles. The highest BCUT2D eigenvalue weighted by Gasteiger charge is 2.26. The van der Waals surface area contributed by atoms with Gasteiger partial charge in [0.1, 0.15) is 0 Å². The third-order valence-corrected chi connectivity index (χ3v) is 5.87. The minimum atomic E-state index is 0.325. The van der Waals surface area contributed by atoms with Crippen LogP contribution in [0.5, 0.6) is 0 Å². The molecule has 1 amide bonds. The summed E-state index contributed by atoms with van der Waals surface area (Å²) in [7, 11) is 1.82. The molecule has 2 saturated heterocycles. The number of guanidine groups is 1. The number of piperidine rings is 1. The zero-order valence-corrected chi connectivity index (χ0v) is 17.1. The molecule has 150 valence electrons. The first-order valence-corrected chi connectivity index (χ1v) is 10.6. The van der Waals surface area contributed by atoms with Crippen LogP contribution in [0.2, 0.25) is 0 Å². The van der Waals surface area contributed by atoms with Crippen LogP contribution in [0.25, 0.3) is 0 Å². The average molecular weight is 366 g/mol. The Labute approximate surface area is 159 Å². The van der Waals surface area contributed by atoms with E-state index in [9.17, 15) is 4.79 Å². The van der Waals surface area contributed by atoms with E-state index in [2.05, 4.69) is 39.3 Å². The van der Waals surface area contributed by atoms with Crippen molar-refractivity contribution in [1.82, 2.24) is 20.4 Å². The van der Waals surface area contributed by atoms with Crippen molar-refractivity contribution in [2.24, 2.45) is 4.99 Å². The van der Waals surface area contributed by atoms with E-state index in [4.69, 9.17) is 0 Å². The highest BCUT2D eigenvalue weighted by atomic mass is 16.2. The fourth-order valence-electron chi connectivity index (χ4n) is 4.19. The SMILES string of the molecule is CCC(CCNC(=NC)NCCCN1CCCCC1C)N1CCCC1=O. The number of likely N-dealkylation sites (tertiary alicyclic amines) is 2. The smallest absolute Gasteiger partial charge is 0.222 e. The molecule has 0 spiro atoms. The Hall–Kier alpha value is -1.30. The number of amides is 1. The van der Waals surface area contributed by atoms with E-state index >= 15 is 0 Å². The Bertz CT molecular complexity index is 453. The van der Waals surface area contributed by atoms with Gasteiger partial charge in [-0.3, -0.25) is 9.79 Å². The predicted molar refractivity (Wildman–Crippen MR) is 109 cm³/mol. The van der Waals surface area contributed by atoms with Gasteiger partial charge in [0.2, 0.25) is 5.91 Å². The number of nitrogens with one attached hydrogen (secondary N) is 2. The first kappa shape index (κ1) is 21.0. The van der Waals surface area contributed by atoms with E-state index in [0.717, 1.165) is 63.7 Å². The van der Waals surface area contributed by atoms with Crippen molar-refractivity contribution in [1.29, 1.82) is 0 Å². The molecule has 0 aromatic carbocycles. The summed E-state index contributed by atoms with van der Waals surface area (Å²) < 4.78 is 0. The first-order chi connectivity index (χ1) is 12.7. The first-order valence-electron chi connectivity index (χ1n) is 10.6. The van der Waals surface area contributed by atoms with Crippen LogP contribution in [-0.4, -0.2) is 73.5 Å². The minimum absolute atomic E-state index is 0.325. The maximum Gasteiger partial charge on any atom is 0.222 e. The fourth-order valence-corrected chi connectivity index (χ4v) is 4.19. The molecule has 2 atom stereocenters. The van der Waals surface area contributed by atoms with Gasteiger partial charge in [-0.25, -0.2) is 0 Å². The molecule has 2 N–H and O–H groups in total. The standard InChI is InChI=1S/C20H39N5O/c1-4-18(25-16-7-10-19(25)26)11-13-23-20(21-3)22-12-8-15-24-14-6-5-9-17(24)2/h17-18H,4-16H2,1-3H3,(H2,21,22,23). The molecule has 0 aliphatic carbocycles. The van der Waals surface area contributed by atoms with Gasteiger partial charge >= 0.3 is 0 Å². The van der Waals surface area contributed by atoms with Crippen LogP contribution in [-0.2, 0) is 4.79 Å². The molecule has 0 aromatic rings. The Balaban J connectivity index is 1.60. The Morgan fingerprint density at radius 2 is 2.04 bits per heavy atom. The number of rotatable bonds is 9. The van der Waals surface area contributed by atoms with Crippen molar-refractivity contribution in [3.63, 3.8) is 0 Å². The van der Waals surface area contributed by atoms with Crippen molar-refractivity contribution in [2.45, 2.75) is 77.3 Å². The van der Waals surface area contributed by atoms with Gasteiger partial charge in [-0.2, -0.15) is 0 Å². The van der Waals surface area contributed by atoms with Gasteiger partial charge < -0.3 is 20.4 Å². The third kappa shape index (κ3) is 6.45. The normalized spacial score (nSPS) is 23.3. The van der Waals surface area contributed by atoms with E-state index in [0.29, 0.717) is 11.9 Å². The number of hydrogen-bond donors (Lipinski definition) is 2.